The zero-order valence-corrected chi connectivity index (χ0v) is 27.1. The van der Waals surface area contributed by atoms with Crippen molar-refractivity contribution in [3.63, 3.8) is 0 Å². The molecule has 0 radical (unpaired) electrons. The summed E-state index contributed by atoms with van der Waals surface area (Å²) in [6.45, 7) is 4.26. The highest BCUT2D eigenvalue weighted by Gasteiger charge is 2.14. The van der Waals surface area contributed by atoms with Crippen molar-refractivity contribution in [2.45, 2.75) is 13.8 Å². The highest BCUT2D eigenvalue weighted by molar-refractivity contribution is 5.87. The minimum atomic E-state index is 1.11. The number of aryl methyl sites for hydroxylation is 2. The number of allylic oxidation sites excluding steroid dienone is 2. The minimum Gasteiger partial charge on any atom is -0.378 e. The molecule has 0 heterocycles. The molecule has 226 valence electrons. The van der Waals surface area contributed by atoms with E-state index in [0.717, 1.165) is 22.6 Å². The molecule has 0 spiro atoms. The van der Waals surface area contributed by atoms with E-state index in [1.165, 1.54) is 44.7 Å². The molecule has 0 fully saturated rings. The Bertz CT molecular complexity index is 1830. The van der Waals surface area contributed by atoms with Gasteiger partial charge in [-0.1, -0.05) is 132 Å². The van der Waals surface area contributed by atoms with Gasteiger partial charge in [0, 0.05) is 36.8 Å². The number of rotatable bonds is 9. The molecule has 6 aromatic carbocycles. The third-order valence-corrected chi connectivity index (χ3v) is 8.30. The van der Waals surface area contributed by atoms with Crippen molar-refractivity contribution in [3.8, 4) is 0 Å². The van der Waals surface area contributed by atoms with Crippen LogP contribution in [0.4, 0.5) is 22.7 Å². The quantitative estimate of drug-likeness (QED) is 0.153. The molecule has 0 aliphatic heterocycles. The summed E-state index contributed by atoms with van der Waals surface area (Å²) in [7, 11) is 4.15. The zero-order valence-electron chi connectivity index (χ0n) is 27.1. The van der Waals surface area contributed by atoms with E-state index < -0.39 is 0 Å². The van der Waals surface area contributed by atoms with Gasteiger partial charge in [-0.05, 0) is 95.8 Å². The van der Waals surface area contributed by atoms with E-state index in [1.54, 1.807) is 0 Å². The van der Waals surface area contributed by atoms with Gasteiger partial charge in [0.15, 0.2) is 0 Å². The summed E-state index contributed by atoms with van der Waals surface area (Å²) in [4.78, 5) is 4.45. The van der Waals surface area contributed by atoms with Crippen LogP contribution in [0.2, 0.25) is 0 Å². The van der Waals surface area contributed by atoms with E-state index in [0.29, 0.717) is 0 Å². The van der Waals surface area contributed by atoms with Crippen LogP contribution in [0.5, 0.6) is 0 Å². The highest BCUT2D eigenvalue weighted by Crippen LogP contribution is 2.36. The molecule has 2 heteroatoms. The van der Waals surface area contributed by atoms with Gasteiger partial charge in [0.25, 0.3) is 0 Å². The lowest BCUT2D eigenvalue weighted by atomic mass is 9.93. The minimum absolute atomic E-state index is 1.11. The summed E-state index contributed by atoms with van der Waals surface area (Å²) in [6.07, 6.45) is 4.53. The first-order valence-corrected chi connectivity index (χ1v) is 15.8. The van der Waals surface area contributed by atoms with Crippen LogP contribution in [-0.4, -0.2) is 14.1 Å². The lowest BCUT2D eigenvalue weighted by Gasteiger charge is -2.26. The van der Waals surface area contributed by atoms with Gasteiger partial charge in [0.1, 0.15) is 0 Å². The molecule has 0 aromatic heterocycles. The molecular formula is C44H40N2. The van der Waals surface area contributed by atoms with Crippen molar-refractivity contribution in [3.05, 3.63) is 203 Å². The van der Waals surface area contributed by atoms with Gasteiger partial charge in [0.2, 0.25) is 0 Å². The Labute approximate surface area is 274 Å². The maximum atomic E-state index is 2.32. The third kappa shape index (κ3) is 7.03. The van der Waals surface area contributed by atoms with Crippen molar-refractivity contribution in [1.82, 2.24) is 0 Å². The first-order chi connectivity index (χ1) is 22.5. The standard InChI is InChI=1S/C44H40N2/c1-33-15-23-40(24-16-33)46(41-25-17-34(2)18-26-41)42-29-21-38(22-30-42)44(37-19-27-39(28-20-37)45(3)4)32-31-43(35-11-7-5-8-12-35)36-13-9-6-10-14-36/h5-32H,1-4H3. The Balaban J connectivity index is 1.46. The highest BCUT2D eigenvalue weighted by atomic mass is 15.1. The lowest BCUT2D eigenvalue weighted by molar-refractivity contribution is 1.13. The summed E-state index contributed by atoms with van der Waals surface area (Å²) in [6, 6.07) is 56.5. The van der Waals surface area contributed by atoms with Crippen LogP contribution in [0.3, 0.4) is 0 Å². The maximum absolute atomic E-state index is 2.32. The molecule has 0 saturated carbocycles. The first kappa shape index (κ1) is 30.4. The van der Waals surface area contributed by atoms with Gasteiger partial charge in [-0.25, -0.2) is 0 Å². The number of hydrogen-bond donors (Lipinski definition) is 0. The van der Waals surface area contributed by atoms with E-state index in [2.05, 4.69) is 208 Å². The third-order valence-electron chi connectivity index (χ3n) is 8.30. The Morgan fingerprint density at radius 2 is 0.674 bits per heavy atom. The average molecular weight is 597 g/mol. The second-order valence-corrected chi connectivity index (χ2v) is 11.9. The Kier molecular flexibility index (Phi) is 9.27. The molecule has 46 heavy (non-hydrogen) atoms. The van der Waals surface area contributed by atoms with Gasteiger partial charge >= 0.3 is 0 Å². The summed E-state index contributed by atoms with van der Waals surface area (Å²) < 4.78 is 0. The lowest BCUT2D eigenvalue weighted by Crippen LogP contribution is -2.10. The summed E-state index contributed by atoms with van der Waals surface area (Å²) in [5, 5.41) is 0. The number of nitrogens with zero attached hydrogens (tertiary/aromatic N) is 2. The van der Waals surface area contributed by atoms with E-state index in [4.69, 9.17) is 0 Å². The summed E-state index contributed by atoms with van der Waals surface area (Å²) in [5.41, 5.74) is 14.1. The largest absolute Gasteiger partial charge is 0.378 e. The summed E-state index contributed by atoms with van der Waals surface area (Å²) in [5.74, 6) is 0. The van der Waals surface area contributed by atoms with Crippen LogP contribution < -0.4 is 9.80 Å². The van der Waals surface area contributed by atoms with Crippen LogP contribution in [0.25, 0.3) is 11.1 Å². The van der Waals surface area contributed by atoms with Crippen LogP contribution in [0.1, 0.15) is 33.4 Å². The van der Waals surface area contributed by atoms with Gasteiger partial charge in [-0.15, -0.1) is 0 Å². The SMILES string of the molecule is Cc1ccc(N(c2ccc(C)cc2)c2ccc(C(=CC=C(c3ccccc3)c3ccccc3)c3ccc(N(C)C)cc3)cc2)cc1. The van der Waals surface area contributed by atoms with Crippen LogP contribution >= 0.6 is 0 Å². The van der Waals surface area contributed by atoms with Crippen LogP contribution in [-0.2, 0) is 0 Å². The molecule has 0 unspecified atom stereocenters. The zero-order chi connectivity index (χ0) is 31.9. The summed E-state index contributed by atoms with van der Waals surface area (Å²) >= 11 is 0. The fourth-order valence-electron chi connectivity index (χ4n) is 5.68. The fourth-order valence-corrected chi connectivity index (χ4v) is 5.68. The van der Waals surface area contributed by atoms with Crippen molar-refractivity contribution < 1.29 is 0 Å². The molecule has 0 aliphatic rings. The van der Waals surface area contributed by atoms with E-state index >= 15 is 0 Å². The molecule has 2 nitrogen and oxygen atoms in total. The maximum Gasteiger partial charge on any atom is 0.0462 e. The fraction of sp³-hybridized carbons (Fsp3) is 0.0909. The molecule has 6 rings (SSSR count). The molecule has 0 saturated heterocycles. The average Bonchev–Trinajstić information content (AvgIpc) is 3.10. The second-order valence-electron chi connectivity index (χ2n) is 11.9. The van der Waals surface area contributed by atoms with Gasteiger partial charge in [-0.3, -0.25) is 0 Å². The number of hydrogen-bond acceptors (Lipinski definition) is 2. The molecular weight excluding hydrogens is 556 g/mol. The van der Waals surface area contributed by atoms with Crippen LogP contribution in [0.15, 0.2) is 170 Å². The van der Waals surface area contributed by atoms with Crippen molar-refractivity contribution in [2.24, 2.45) is 0 Å². The number of benzene rings is 6. The Morgan fingerprint density at radius 1 is 0.370 bits per heavy atom. The van der Waals surface area contributed by atoms with Crippen molar-refractivity contribution in [1.29, 1.82) is 0 Å². The van der Waals surface area contributed by atoms with Gasteiger partial charge < -0.3 is 9.80 Å². The smallest absolute Gasteiger partial charge is 0.0462 e. The topological polar surface area (TPSA) is 6.48 Å². The van der Waals surface area contributed by atoms with Crippen molar-refractivity contribution in [2.75, 3.05) is 23.9 Å². The Hall–Kier alpha value is -5.60. The predicted molar refractivity (Wildman–Crippen MR) is 198 cm³/mol. The molecule has 6 aromatic rings. The number of anilines is 4. The molecule has 0 atom stereocenters. The van der Waals surface area contributed by atoms with Crippen LogP contribution in [0, 0.1) is 13.8 Å². The van der Waals surface area contributed by atoms with E-state index in [-0.39, 0.29) is 0 Å². The molecule has 0 bridgehead atoms. The second kappa shape index (κ2) is 14.0. The van der Waals surface area contributed by atoms with Gasteiger partial charge in [-0.2, -0.15) is 0 Å². The van der Waals surface area contributed by atoms with Gasteiger partial charge in [0.05, 0.1) is 0 Å². The van der Waals surface area contributed by atoms with E-state index in [1.807, 2.05) is 0 Å². The van der Waals surface area contributed by atoms with Crippen molar-refractivity contribution >= 4 is 33.9 Å². The van der Waals surface area contributed by atoms with E-state index in [9.17, 15) is 0 Å². The molecule has 0 aliphatic carbocycles. The Morgan fingerprint density at radius 3 is 1.02 bits per heavy atom. The monoisotopic (exact) mass is 596 g/mol. The molecule has 0 N–H and O–H groups in total. The molecule has 0 amide bonds. The first-order valence-electron chi connectivity index (χ1n) is 15.8. The normalized spacial score (nSPS) is 11.2. The predicted octanol–water partition coefficient (Wildman–Crippen LogP) is 11.4.